The summed E-state index contributed by atoms with van der Waals surface area (Å²) in [5.41, 5.74) is 6.14. The second-order valence-electron chi connectivity index (χ2n) is 7.33. The van der Waals surface area contributed by atoms with Crippen LogP contribution in [0.2, 0.25) is 0 Å². The zero-order valence-corrected chi connectivity index (χ0v) is 19.6. The molecule has 0 aliphatic carbocycles. The molecular formula is C23H24N4O2S2. The summed E-state index contributed by atoms with van der Waals surface area (Å²) in [6.45, 7) is 9.39. The van der Waals surface area contributed by atoms with E-state index >= 15 is 0 Å². The van der Waals surface area contributed by atoms with E-state index in [2.05, 4.69) is 29.2 Å². The number of ether oxygens (including phenoxy) is 1. The van der Waals surface area contributed by atoms with Crippen LogP contribution in [0, 0.1) is 20.8 Å². The number of aryl methyl sites for hydroxylation is 4. The number of hydrogen-bond donors (Lipinski definition) is 1. The largest absolute Gasteiger partial charge is 0.489 e. The van der Waals surface area contributed by atoms with Crippen LogP contribution in [0.15, 0.2) is 41.2 Å². The summed E-state index contributed by atoms with van der Waals surface area (Å²) in [5.74, 6) is 0.668. The summed E-state index contributed by atoms with van der Waals surface area (Å²) in [6, 6.07) is 7.91. The molecule has 0 bridgehead atoms. The van der Waals surface area contributed by atoms with Gasteiger partial charge in [-0.1, -0.05) is 6.07 Å². The lowest BCUT2D eigenvalue weighted by Crippen LogP contribution is -2.09. The number of carbonyl (C=O) groups is 1. The maximum Gasteiger partial charge on any atom is 0.267 e. The average Bonchev–Trinajstić information content (AvgIpc) is 3.48. The van der Waals surface area contributed by atoms with Gasteiger partial charge in [0, 0.05) is 29.2 Å². The topological polar surface area (TPSA) is 69.0 Å². The molecule has 3 heterocycles. The van der Waals surface area contributed by atoms with Crippen molar-refractivity contribution in [3.05, 3.63) is 68.5 Å². The Morgan fingerprint density at radius 3 is 2.71 bits per heavy atom. The minimum atomic E-state index is -0.163. The van der Waals surface area contributed by atoms with Gasteiger partial charge in [0.2, 0.25) is 0 Å². The highest BCUT2D eigenvalue weighted by molar-refractivity contribution is 7.14. The van der Waals surface area contributed by atoms with Crippen molar-refractivity contribution in [1.82, 2.24) is 14.8 Å². The Morgan fingerprint density at radius 2 is 1.97 bits per heavy atom. The predicted octanol–water partition coefficient (Wildman–Crippen LogP) is 5.84. The van der Waals surface area contributed by atoms with E-state index in [1.165, 1.54) is 33.8 Å². The van der Waals surface area contributed by atoms with Crippen LogP contribution in [0.1, 0.15) is 39.0 Å². The van der Waals surface area contributed by atoms with Gasteiger partial charge in [-0.25, -0.2) is 4.98 Å². The first-order chi connectivity index (χ1) is 14.9. The zero-order valence-electron chi connectivity index (χ0n) is 17.9. The molecule has 0 fully saturated rings. The number of amides is 1. The van der Waals surface area contributed by atoms with Crippen LogP contribution in [0.25, 0.3) is 11.3 Å². The molecule has 6 nitrogen and oxygen atoms in total. The Hall–Kier alpha value is -2.97. The molecule has 4 aromatic rings. The highest BCUT2D eigenvalue weighted by Crippen LogP contribution is 2.28. The van der Waals surface area contributed by atoms with Crippen LogP contribution in [-0.2, 0) is 13.2 Å². The van der Waals surface area contributed by atoms with Crippen molar-refractivity contribution in [1.29, 1.82) is 0 Å². The van der Waals surface area contributed by atoms with E-state index in [1.807, 2.05) is 59.8 Å². The standard InChI is InChI=1S/C23H24N4O2S2/c1-5-27-10-19(16(4)26-27)20-13-31-23(24-20)25-22(28)21-9-17(12-30-21)11-29-18-7-6-14(2)15(3)8-18/h6-10,12-13H,5,11H2,1-4H3,(H,24,25,28). The third-order valence-corrected chi connectivity index (χ3v) is 6.77. The fraction of sp³-hybridized carbons (Fsp3) is 0.261. The van der Waals surface area contributed by atoms with Crippen LogP contribution in [0.4, 0.5) is 5.13 Å². The van der Waals surface area contributed by atoms with Gasteiger partial charge in [-0.15, -0.1) is 22.7 Å². The minimum absolute atomic E-state index is 0.163. The van der Waals surface area contributed by atoms with E-state index in [0.717, 1.165) is 34.8 Å². The fourth-order valence-electron chi connectivity index (χ4n) is 3.09. The molecule has 0 aliphatic rings. The number of aromatic nitrogens is 3. The molecule has 1 aromatic carbocycles. The predicted molar refractivity (Wildman–Crippen MR) is 126 cm³/mol. The third-order valence-electron chi connectivity index (χ3n) is 5.03. The Morgan fingerprint density at radius 1 is 1.13 bits per heavy atom. The number of benzene rings is 1. The van der Waals surface area contributed by atoms with E-state index in [1.54, 1.807) is 0 Å². The normalized spacial score (nSPS) is 11.0. The van der Waals surface area contributed by atoms with Gasteiger partial charge in [-0.3, -0.25) is 14.8 Å². The molecule has 0 spiro atoms. The lowest BCUT2D eigenvalue weighted by molar-refractivity contribution is 0.103. The Labute approximate surface area is 189 Å². The van der Waals surface area contributed by atoms with E-state index in [-0.39, 0.29) is 5.91 Å². The molecule has 0 radical (unpaired) electrons. The Kier molecular flexibility index (Phi) is 6.20. The number of thiophene rings is 1. The minimum Gasteiger partial charge on any atom is -0.489 e. The molecule has 0 unspecified atom stereocenters. The first-order valence-electron chi connectivity index (χ1n) is 10.0. The molecule has 31 heavy (non-hydrogen) atoms. The monoisotopic (exact) mass is 452 g/mol. The fourth-order valence-corrected chi connectivity index (χ4v) is 4.58. The van der Waals surface area contributed by atoms with Gasteiger partial charge in [0.05, 0.1) is 16.3 Å². The van der Waals surface area contributed by atoms with E-state index in [9.17, 15) is 4.79 Å². The van der Waals surface area contributed by atoms with Crippen LogP contribution in [0.3, 0.4) is 0 Å². The Bertz CT molecular complexity index is 1220. The Balaban J connectivity index is 1.38. The number of rotatable bonds is 7. The van der Waals surface area contributed by atoms with Crippen molar-refractivity contribution in [2.24, 2.45) is 0 Å². The van der Waals surface area contributed by atoms with Gasteiger partial charge in [0.25, 0.3) is 5.91 Å². The summed E-state index contributed by atoms with van der Waals surface area (Å²) >= 11 is 2.81. The van der Waals surface area contributed by atoms with Crippen molar-refractivity contribution in [2.75, 3.05) is 5.32 Å². The van der Waals surface area contributed by atoms with Gasteiger partial charge >= 0.3 is 0 Å². The molecule has 1 amide bonds. The van der Waals surface area contributed by atoms with Crippen molar-refractivity contribution >= 4 is 33.7 Å². The number of carbonyl (C=O) groups excluding carboxylic acids is 1. The van der Waals surface area contributed by atoms with Crippen LogP contribution >= 0.6 is 22.7 Å². The van der Waals surface area contributed by atoms with Crippen LogP contribution in [0.5, 0.6) is 5.75 Å². The number of thiazole rings is 1. The van der Waals surface area contributed by atoms with Gasteiger partial charge in [0.1, 0.15) is 12.4 Å². The van der Waals surface area contributed by atoms with E-state index < -0.39 is 0 Å². The average molecular weight is 453 g/mol. The van der Waals surface area contributed by atoms with Crippen molar-refractivity contribution in [2.45, 2.75) is 40.8 Å². The van der Waals surface area contributed by atoms with Crippen molar-refractivity contribution < 1.29 is 9.53 Å². The third kappa shape index (κ3) is 4.86. The van der Waals surface area contributed by atoms with Gasteiger partial charge in [-0.05, 0) is 62.4 Å². The molecule has 3 aromatic heterocycles. The van der Waals surface area contributed by atoms with Crippen molar-refractivity contribution in [3.8, 4) is 17.0 Å². The van der Waals surface area contributed by atoms with Crippen molar-refractivity contribution in [3.63, 3.8) is 0 Å². The molecule has 4 rings (SSSR count). The summed E-state index contributed by atoms with van der Waals surface area (Å²) < 4.78 is 7.76. The van der Waals surface area contributed by atoms with Gasteiger partial charge in [0.15, 0.2) is 5.13 Å². The second kappa shape index (κ2) is 9.03. The van der Waals surface area contributed by atoms with Crippen LogP contribution < -0.4 is 10.1 Å². The molecule has 0 atom stereocenters. The maximum atomic E-state index is 12.7. The zero-order chi connectivity index (χ0) is 22.0. The molecule has 1 N–H and O–H groups in total. The highest BCUT2D eigenvalue weighted by atomic mass is 32.1. The first-order valence-corrected chi connectivity index (χ1v) is 11.8. The summed E-state index contributed by atoms with van der Waals surface area (Å²) in [5, 5.41) is 11.8. The van der Waals surface area contributed by atoms with Gasteiger partial charge < -0.3 is 4.74 Å². The highest BCUT2D eigenvalue weighted by Gasteiger charge is 2.15. The lowest BCUT2D eigenvalue weighted by Gasteiger charge is -2.07. The molecular weight excluding hydrogens is 428 g/mol. The molecule has 0 saturated heterocycles. The molecule has 0 saturated carbocycles. The summed E-state index contributed by atoms with van der Waals surface area (Å²) in [4.78, 5) is 17.9. The maximum absolute atomic E-state index is 12.7. The SMILES string of the molecule is CCn1cc(-c2csc(NC(=O)c3cc(COc4ccc(C)c(C)c4)cs3)n2)c(C)n1. The molecule has 8 heteroatoms. The molecule has 160 valence electrons. The van der Waals surface area contributed by atoms with E-state index in [0.29, 0.717) is 16.6 Å². The van der Waals surface area contributed by atoms with Gasteiger partial charge in [-0.2, -0.15) is 5.10 Å². The quantitative estimate of drug-likeness (QED) is 0.382. The van der Waals surface area contributed by atoms with E-state index in [4.69, 9.17) is 4.74 Å². The second-order valence-corrected chi connectivity index (χ2v) is 9.10. The summed E-state index contributed by atoms with van der Waals surface area (Å²) in [7, 11) is 0. The lowest BCUT2D eigenvalue weighted by atomic mass is 10.1. The number of hydrogen-bond acceptors (Lipinski definition) is 6. The number of anilines is 1. The first kappa shape index (κ1) is 21.3. The number of nitrogens with one attached hydrogen (secondary N) is 1. The van der Waals surface area contributed by atoms with Crippen LogP contribution in [-0.4, -0.2) is 20.7 Å². The summed E-state index contributed by atoms with van der Waals surface area (Å²) in [6.07, 6.45) is 1.98. The molecule has 0 aliphatic heterocycles. The smallest absolute Gasteiger partial charge is 0.267 e. The number of nitrogens with zero attached hydrogens (tertiary/aromatic N) is 3.